The summed E-state index contributed by atoms with van der Waals surface area (Å²) in [4.78, 5) is 0. The van der Waals surface area contributed by atoms with Gasteiger partial charge in [0.1, 0.15) is 0 Å². The first-order valence-corrected chi connectivity index (χ1v) is 6.20. The van der Waals surface area contributed by atoms with E-state index >= 15 is 0 Å². The Morgan fingerprint density at radius 3 is 2.61 bits per heavy atom. The molecule has 1 aliphatic carbocycles. The van der Waals surface area contributed by atoms with Crippen molar-refractivity contribution in [1.82, 2.24) is 9.78 Å². The molecule has 0 aliphatic heterocycles. The molecule has 1 aromatic heterocycles. The highest BCUT2D eigenvalue weighted by atomic mass is 19.4. The summed E-state index contributed by atoms with van der Waals surface area (Å²) in [6.07, 6.45) is 1.32. The lowest BCUT2D eigenvalue weighted by Gasteiger charge is -2.36. The second kappa shape index (κ2) is 4.91. The van der Waals surface area contributed by atoms with Crippen LogP contribution in [0.5, 0.6) is 0 Å². The number of rotatable bonds is 2. The Labute approximate surface area is 104 Å². The van der Waals surface area contributed by atoms with Crippen LogP contribution in [-0.4, -0.2) is 16.0 Å². The van der Waals surface area contributed by atoms with Crippen molar-refractivity contribution in [1.29, 1.82) is 0 Å². The number of nitrogens with zero attached hydrogens (tertiary/aromatic N) is 2. The van der Waals surface area contributed by atoms with Crippen LogP contribution in [0.3, 0.4) is 0 Å². The van der Waals surface area contributed by atoms with Gasteiger partial charge in [0, 0.05) is 24.8 Å². The number of halogens is 3. The molecular formula is C12H18F3N3. The topological polar surface area (TPSA) is 43.8 Å². The van der Waals surface area contributed by atoms with Gasteiger partial charge in [-0.3, -0.25) is 4.68 Å². The molecule has 102 valence electrons. The van der Waals surface area contributed by atoms with Crippen molar-refractivity contribution in [3.05, 3.63) is 18.0 Å². The summed E-state index contributed by atoms with van der Waals surface area (Å²) in [5.74, 6) is -1.80. The van der Waals surface area contributed by atoms with E-state index in [0.717, 1.165) is 6.42 Å². The van der Waals surface area contributed by atoms with Crippen LogP contribution < -0.4 is 5.73 Å². The molecule has 0 aromatic carbocycles. The van der Waals surface area contributed by atoms with Crippen molar-refractivity contribution in [2.75, 3.05) is 0 Å². The van der Waals surface area contributed by atoms with E-state index in [1.807, 2.05) is 0 Å². The van der Waals surface area contributed by atoms with Gasteiger partial charge in [0.15, 0.2) is 0 Å². The van der Waals surface area contributed by atoms with Gasteiger partial charge in [-0.25, -0.2) is 0 Å². The molecule has 2 rings (SSSR count). The second-order valence-corrected chi connectivity index (χ2v) is 5.07. The van der Waals surface area contributed by atoms with E-state index in [4.69, 9.17) is 5.73 Å². The Kier molecular flexibility index (Phi) is 3.66. The SMILES string of the molecule is Cn1cc(C(N)C2CCCCC2C(F)(F)F)cn1. The molecule has 1 fully saturated rings. The molecule has 0 saturated heterocycles. The zero-order chi connectivity index (χ0) is 13.3. The first-order valence-electron chi connectivity index (χ1n) is 6.20. The molecule has 1 heterocycles. The van der Waals surface area contributed by atoms with Crippen molar-refractivity contribution in [3.63, 3.8) is 0 Å². The summed E-state index contributed by atoms with van der Waals surface area (Å²) >= 11 is 0. The minimum absolute atomic E-state index is 0.197. The maximum atomic E-state index is 13.0. The zero-order valence-corrected chi connectivity index (χ0v) is 10.3. The number of aryl methyl sites for hydroxylation is 1. The van der Waals surface area contributed by atoms with E-state index in [9.17, 15) is 13.2 Å². The summed E-state index contributed by atoms with van der Waals surface area (Å²) in [5.41, 5.74) is 6.71. The fraction of sp³-hybridized carbons (Fsp3) is 0.750. The quantitative estimate of drug-likeness (QED) is 0.889. The third kappa shape index (κ3) is 2.68. The van der Waals surface area contributed by atoms with Crippen LogP contribution in [0.1, 0.15) is 37.3 Å². The highest BCUT2D eigenvalue weighted by Gasteiger charge is 2.47. The van der Waals surface area contributed by atoms with Gasteiger partial charge in [-0.05, 0) is 18.8 Å². The summed E-state index contributed by atoms with van der Waals surface area (Å²) in [7, 11) is 1.73. The molecule has 1 aliphatic rings. The Morgan fingerprint density at radius 2 is 2.06 bits per heavy atom. The lowest BCUT2D eigenvalue weighted by atomic mass is 9.74. The average Bonchev–Trinajstić information content (AvgIpc) is 2.74. The lowest BCUT2D eigenvalue weighted by molar-refractivity contribution is -0.198. The normalized spacial score (nSPS) is 27.2. The van der Waals surface area contributed by atoms with E-state index in [0.29, 0.717) is 18.4 Å². The van der Waals surface area contributed by atoms with Crippen molar-refractivity contribution in [2.45, 2.75) is 37.9 Å². The molecule has 1 aromatic rings. The Morgan fingerprint density at radius 1 is 1.39 bits per heavy atom. The van der Waals surface area contributed by atoms with Crippen molar-refractivity contribution < 1.29 is 13.2 Å². The van der Waals surface area contributed by atoms with Gasteiger partial charge in [0.05, 0.1) is 12.1 Å². The largest absolute Gasteiger partial charge is 0.392 e. The zero-order valence-electron chi connectivity index (χ0n) is 10.3. The first-order chi connectivity index (χ1) is 8.39. The predicted octanol–water partition coefficient (Wildman–Crippen LogP) is 2.79. The van der Waals surface area contributed by atoms with Gasteiger partial charge in [-0.15, -0.1) is 0 Å². The molecule has 0 bridgehead atoms. The Balaban J connectivity index is 2.18. The van der Waals surface area contributed by atoms with E-state index in [1.165, 1.54) is 0 Å². The van der Waals surface area contributed by atoms with Crippen molar-refractivity contribution in [3.8, 4) is 0 Å². The van der Waals surface area contributed by atoms with Gasteiger partial charge in [0.2, 0.25) is 0 Å². The fourth-order valence-corrected chi connectivity index (χ4v) is 2.86. The smallest absolute Gasteiger partial charge is 0.324 e. The van der Waals surface area contributed by atoms with Crippen LogP contribution >= 0.6 is 0 Å². The molecule has 6 heteroatoms. The van der Waals surface area contributed by atoms with Crippen molar-refractivity contribution >= 4 is 0 Å². The second-order valence-electron chi connectivity index (χ2n) is 5.07. The highest BCUT2D eigenvalue weighted by molar-refractivity contribution is 5.12. The van der Waals surface area contributed by atoms with E-state index in [1.54, 1.807) is 24.1 Å². The van der Waals surface area contributed by atoms with Crippen LogP contribution in [-0.2, 0) is 7.05 Å². The number of hydrogen-bond acceptors (Lipinski definition) is 2. The molecule has 2 N–H and O–H groups in total. The van der Waals surface area contributed by atoms with E-state index in [-0.39, 0.29) is 6.42 Å². The van der Waals surface area contributed by atoms with Crippen LogP contribution in [0.15, 0.2) is 12.4 Å². The Bertz CT molecular complexity index is 400. The minimum Gasteiger partial charge on any atom is -0.324 e. The summed E-state index contributed by atoms with van der Waals surface area (Å²) in [5, 5.41) is 3.98. The van der Waals surface area contributed by atoms with Crippen LogP contribution in [0.2, 0.25) is 0 Å². The third-order valence-electron chi connectivity index (χ3n) is 3.81. The maximum Gasteiger partial charge on any atom is 0.392 e. The number of aromatic nitrogens is 2. The van der Waals surface area contributed by atoms with Crippen LogP contribution in [0.25, 0.3) is 0 Å². The molecule has 18 heavy (non-hydrogen) atoms. The number of hydrogen-bond donors (Lipinski definition) is 1. The Hall–Kier alpha value is -1.04. The molecule has 0 amide bonds. The van der Waals surface area contributed by atoms with Gasteiger partial charge >= 0.3 is 6.18 Å². The maximum absolute atomic E-state index is 13.0. The minimum atomic E-state index is -4.15. The monoisotopic (exact) mass is 261 g/mol. The molecule has 3 nitrogen and oxygen atoms in total. The van der Waals surface area contributed by atoms with E-state index in [2.05, 4.69) is 5.10 Å². The van der Waals surface area contributed by atoms with E-state index < -0.39 is 24.1 Å². The molecule has 3 unspecified atom stereocenters. The standard InChI is InChI=1S/C12H18F3N3/c1-18-7-8(6-17-18)11(16)9-4-2-3-5-10(9)12(13,14)15/h6-7,9-11H,2-5,16H2,1H3. The van der Waals surface area contributed by atoms with Crippen LogP contribution in [0, 0.1) is 11.8 Å². The highest BCUT2D eigenvalue weighted by Crippen LogP contribution is 2.45. The summed E-state index contributed by atoms with van der Waals surface area (Å²) < 4.78 is 40.6. The molecule has 0 radical (unpaired) electrons. The summed E-state index contributed by atoms with van der Waals surface area (Å²) in [6.45, 7) is 0. The average molecular weight is 261 g/mol. The number of nitrogens with two attached hydrogens (primary N) is 1. The molecule has 0 spiro atoms. The summed E-state index contributed by atoms with van der Waals surface area (Å²) in [6, 6.07) is -0.578. The molecule has 3 atom stereocenters. The van der Waals surface area contributed by atoms with Crippen LogP contribution in [0.4, 0.5) is 13.2 Å². The van der Waals surface area contributed by atoms with Crippen molar-refractivity contribution in [2.24, 2.45) is 24.6 Å². The first kappa shape index (κ1) is 13.4. The molecule has 1 saturated carbocycles. The van der Waals surface area contributed by atoms with Gasteiger partial charge in [-0.2, -0.15) is 18.3 Å². The number of alkyl halides is 3. The van der Waals surface area contributed by atoms with Gasteiger partial charge < -0.3 is 5.73 Å². The molecular weight excluding hydrogens is 243 g/mol. The fourth-order valence-electron chi connectivity index (χ4n) is 2.86. The van der Waals surface area contributed by atoms with Gasteiger partial charge in [-0.1, -0.05) is 12.8 Å². The predicted molar refractivity (Wildman–Crippen MR) is 61.6 cm³/mol. The lowest BCUT2D eigenvalue weighted by Crippen LogP contribution is -2.38. The van der Waals surface area contributed by atoms with Gasteiger partial charge in [0.25, 0.3) is 0 Å². The third-order valence-corrected chi connectivity index (χ3v) is 3.81.